The molecule has 0 aromatic heterocycles. The normalized spacial score (nSPS) is 15.4. The van der Waals surface area contributed by atoms with Crippen molar-refractivity contribution in [3.63, 3.8) is 0 Å². The van der Waals surface area contributed by atoms with E-state index in [9.17, 15) is 4.79 Å². The quantitative estimate of drug-likeness (QED) is 0.729. The molecule has 0 spiro atoms. The first kappa shape index (κ1) is 13.2. The number of allylic oxidation sites excluding steroid dienone is 2. The largest absolute Gasteiger partial charge is 0.395 e. The van der Waals surface area contributed by atoms with Crippen LogP contribution in [0.4, 0.5) is 0 Å². The SMILES string of the molecule is CCN(CCO)CC(=O)N(C)C1=CCCC1. The number of carbonyl (C=O) groups is 1. The van der Waals surface area contributed by atoms with Crippen molar-refractivity contribution in [2.75, 3.05) is 33.3 Å². The van der Waals surface area contributed by atoms with Crippen molar-refractivity contribution in [2.45, 2.75) is 26.2 Å². The molecule has 0 aromatic carbocycles. The molecule has 0 aliphatic heterocycles. The minimum Gasteiger partial charge on any atom is -0.395 e. The van der Waals surface area contributed by atoms with Gasteiger partial charge in [-0.1, -0.05) is 13.0 Å². The van der Waals surface area contributed by atoms with Crippen molar-refractivity contribution < 1.29 is 9.90 Å². The zero-order valence-corrected chi connectivity index (χ0v) is 10.3. The summed E-state index contributed by atoms with van der Waals surface area (Å²) < 4.78 is 0. The molecule has 1 aliphatic carbocycles. The molecule has 0 unspecified atom stereocenters. The van der Waals surface area contributed by atoms with Crippen LogP contribution in [-0.2, 0) is 4.79 Å². The van der Waals surface area contributed by atoms with Crippen molar-refractivity contribution >= 4 is 5.91 Å². The van der Waals surface area contributed by atoms with E-state index in [1.807, 2.05) is 18.9 Å². The lowest BCUT2D eigenvalue weighted by molar-refractivity contribution is -0.129. The van der Waals surface area contributed by atoms with Gasteiger partial charge >= 0.3 is 0 Å². The number of aliphatic hydroxyl groups is 1. The fourth-order valence-corrected chi connectivity index (χ4v) is 1.91. The predicted molar refractivity (Wildman–Crippen MR) is 63.9 cm³/mol. The first-order chi connectivity index (χ1) is 7.69. The maximum absolute atomic E-state index is 11.9. The van der Waals surface area contributed by atoms with Crippen LogP contribution < -0.4 is 0 Å². The molecule has 1 amide bonds. The summed E-state index contributed by atoms with van der Waals surface area (Å²) in [4.78, 5) is 15.6. The fraction of sp³-hybridized carbons (Fsp3) is 0.750. The Balaban J connectivity index is 2.43. The third kappa shape index (κ3) is 3.61. The maximum Gasteiger partial charge on any atom is 0.240 e. The van der Waals surface area contributed by atoms with Gasteiger partial charge in [0, 0.05) is 19.3 Å². The number of carbonyl (C=O) groups excluding carboxylic acids is 1. The Hall–Kier alpha value is -0.870. The second-order valence-electron chi connectivity index (χ2n) is 4.13. The van der Waals surface area contributed by atoms with E-state index in [2.05, 4.69) is 6.08 Å². The second kappa shape index (κ2) is 6.66. The molecular weight excluding hydrogens is 204 g/mol. The van der Waals surface area contributed by atoms with Gasteiger partial charge in [0.1, 0.15) is 0 Å². The second-order valence-corrected chi connectivity index (χ2v) is 4.13. The van der Waals surface area contributed by atoms with Gasteiger partial charge in [0.05, 0.1) is 13.2 Å². The van der Waals surface area contributed by atoms with Crippen LogP contribution in [0.1, 0.15) is 26.2 Å². The van der Waals surface area contributed by atoms with E-state index in [1.54, 1.807) is 4.90 Å². The molecular formula is C12H22N2O2. The first-order valence-corrected chi connectivity index (χ1v) is 5.97. The molecule has 4 nitrogen and oxygen atoms in total. The summed E-state index contributed by atoms with van der Waals surface area (Å²) in [5.74, 6) is 0.114. The van der Waals surface area contributed by atoms with Crippen LogP contribution in [-0.4, -0.2) is 54.1 Å². The van der Waals surface area contributed by atoms with Gasteiger partial charge in [-0.25, -0.2) is 0 Å². The van der Waals surface area contributed by atoms with E-state index in [0.29, 0.717) is 13.1 Å². The molecule has 1 rings (SSSR count). The van der Waals surface area contributed by atoms with Gasteiger partial charge < -0.3 is 10.0 Å². The van der Waals surface area contributed by atoms with Gasteiger partial charge in [0.15, 0.2) is 0 Å². The zero-order valence-electron chi connectivity index (χ0n) is 10.3. The van der Waals surface area contributed by atoms with Gasteiger partial charge in [0.2, 0.25) is 5.91 Å². The van der Waals surface area contributed by atoms with Gasteiger partial charge in [-0.05, 0) is 25.8 Å². The summed E-state index contributed by atoms with van der Waals surface area (Å²) in [6, 6.07) is 0. The number of hydrogen-bond donors (Lipinski definition) is 1. The Morgan fingerprint density at radius 1 is 1.56 bits per heavy atom. The highest BCUT2D eigenvalue weighted by Crippen LogP contribution is 2.20. The predicted octanol–water partition coefficient (Wildman–Crippen LogP) is 0.827. The van der Waals surface area contributed by atoms with Crippen LogP contribution in [0.15, 0.2) is 11.8 Å². The van der Waals surface area contributed by atoms with Gasteiger partial charge in [-0.3, -0.25) is 9.69 Å². The molecule has 0 atom stereocenters. The van der Waals surface area contributed by atoms with E-state index in [0.717, 1.165) is 31.5 Å². The Bertz CT molecular complexity index is 264. The van der Waals surface area contributed by atoms with Crippen LogP contribution >= 0.6 is 0 Å². The van der Waals surface area contributed by atoms with Crippen LogP contribution in [0.3, 0.4) is 0 Å². The summed E-state index contributed by atoms with van der Waals surface area (Å²) in [7, 11) is 1.84. The lowest BCUT2D eigenvalue weighted by Gasteiger charge is -2.24. The average molecular weight is 226 g/mol. The van der Waals surface area contributed by atoms with Crippen molar-refractivity contribution in [3.05, 3.63) is 11.8 Å². The molecule has 0 saturated carbocycles. The monoisotopic (exact) mass is 226 g/mol. The van der Waals surface area contributed by atoms with Crippen LogP contribution in [0.25, 0.3) is 0 Å². The standard InChI is InChI=1S/C12H22N2O2/c1-3-14(8-9-15)10-12(16)13(2)11-6-4-5-7-11/h6,15H,3-5,7-10H2,1-2H3. The van der Waals surface area contributed by atoms with Crippen LogP contribution in [0.2, 0.25) is 0 Å². The number of amides is 1. The highest BCUT2D eigenvalue weighted by Gasteiger charge is 2.17. The molecule has 0 fully saturated rings. The Kier molecular flexibility index (Phi) is 5.49. The van der Waals surface area contributed by atoms with E-state index in [1.165, 1.54) is 0 Å². The third-order valence-electron chi connectivity index (χ3n) is 3.04. The van der Waals surface area contributed by atoms with Gasteiger partial charge in [-0.15, -0.1) is 0 Å². The van der Waals surface area contributed by atoms with Gasteiger partial charge in [0.25, 0.3) is 0 Å². The topological polar surface area (TPSA) is 43.8 Å². The van der Waals surface area contributed by atoms with E-state index >= 15 is 0 Å². The molecule has 0 radical (unpaired) electrons. The molecule has 4 heteroatoms. The smallest absolute Gasteiger partial charge is 0.240 e. The first-order valence-electron chi connectivity index (χ1n) is 5.97. The summed E-state index contributed by atoms with van der Waals surface area (Å²) in [6.07, 6.45) is 5.39. The van der Waals surface area contributed by atoms with Crippen LogP contribution in [0, 0.1) is 0 Å². The molecule has 92 valence electrons. The van der Waals surface area contributed by atoms with E-state index < -0.39 is 0 Å². The average Bonchev–Trinajstić information content (AvgIpc) is 2.80. The number of nitrogens with zero attached hydrogens (tertiary/aromatic N) is 2. The van der Waals surface area contributed by atoms with Crippen molar-refractivity contribution in [3.8, 4) is 0 Å². The Labute approximate surface area is 97.5 Å². The summed E-state index contributed by atoms with van der Waals surface area (Å²) in [6.45, 7) is 3.85. The Morgan fingerprint density at radius 3 is 2.81 bits per heavy atom. The minimum absolute atomic E-state index is 0.105. The summed E-state index contributed by atoms with van der Waals surface area (Å²) in [5, 5.41) is 8.85. The van der Waals surface area contributed by atoms with E-state index in [-0.39, 0.29) is 12.5 Å². The lowest BCUT2D eigenvalue weighted by Crippen LogP contribution is -2.38. The highest BCUT2D eigenvalue weighted by molar-refractivity contribution is 5.79. The lowest BCUT2D eigenvalue weighted by atomic mass is 10.3. The summed E-state index contributed by atoms with van der Waals surface area (Å²) in [5.41, 5.74) is 1.14. The molecule has 1 aliphatic rings. The molecule has 0 aromatic rings. The minimum atomic E-state index is 0.105. The zero-order chi connectivity index (χ0) is 12.0. The molecule has 1 N–H and O–H groups in total. The molecule has 0 bridgehead atoms. The third-order valence-corrected chi connectivity index (χ3v) is 3.04. The fourth-order valence-electron chi connectivity index (χ4n) is 1.91. The molecule has 0 saturated heterocycles. The van der Waals surface area contributed by atoms with Crippen molar-refractivity contribution in [1.29, 1.82) is 0 Å². The maximum atomic E-state index is 11.9. The summed E-state index contributed by atoms with van der Waals surface area (Å²) >= 11 is 0. The van der Waals surface area contributed by atoms with Crippen molar-refractivity contribution in [2.24, 2.45) is 0 Å². The molecule has 0 heterocycles. The molecule has 16 heavy (non-hydrogen) atoms. The number of rotatable bonds is 6. The van der Waals surface area contributed by atoms with Crippen molar-refractivity contribution in [1.82, 2.24) is 9.80 Å². The number of hydrogen-bond acceptors (Lipinski definition) is 3. The number of aliphatic hydroxyl groups excluding tert-OH is 1. The number of likely N-dealkylation sites (N-methyl/N-ethyl adjacent to an activating group) is 2. The van der Waals surface area contributed by atoms with Crippen LogP contribution in [0.5, 0.6) is 0 Å². The van der Waals surface area contributed by atoms with E-state index in [4.69, 9.17) is 5.11 Å². The van der Waals surface area contributed by atoms with Gasteiger partial charge in [-0.2, -0.15) is 0 Å². The Morgan fingerprint density at radius 2 is 2.31 bits per heavy atom. The highest BCUT2D eigenvalue weighted by atomic mass is 16.3.